The largest absolute Gasteiger partial charge is 0.389 e. The van der Waals surface area contributed by atoms with Crippen molar-refractivity contribution in [2.75, 3.05) is 18.8 Å². The molecule has 3 rings (SSSR count). The summed E-state index contributed by atoms with van der Waals surface area (Å²) in [5.41, 5.74) is 7.10. The monoisotopic (exact) mass is 357 g/mol. The maximum absolute atomic E-state index is 12.4. The van der Waals surface area contributed by atoms with Gasteiger partial charge in [-0.2, -0.15) is 5.10 Å². The molecule has 0 bridgehead atoms. The molecule has 8 nitrogen and oxygen atoms in total. The molecule has 138 valence electrons. The second-order valence-corrected chi connectivity index (χ2v) is 6.51. The predicted octanol–water partition coefficient (Wildman–Crippen LogP) is 0.166. The highest BCUT2D eigenvalue weighted by atomic mass is 16.3. The predicted molar refractivity (Wildman–Crippen MR) is 96.3 cm³/mol. The van der Waals surface area contributed by atoms with Crippen molar-refractivity contribution in [3.05, 3.63) is 47.7 Å². The van der Waals surface area contributed by atoms with Crippen LogP contribution in [0.1, 0.15) is 22.5 Å². The van der Waals surface area contributed by atoms with Gasteiger partial charge >= 0.3 is 0 Å². The summed E-state index contributed by atoms with van der Waals surface area (Å²) in [7, 11) is 0. The lowest BCUT2D eigenvalue weighted by atomic mass is 10.0. The van der Waals surface area contributed by atoms with E-state index >= 15 is 0 Å². The molecule has 2 heterocycles. The van der Waals surface area contributed by atoms with E-state index in [0.717, 1.165) is 5.69 Å². The summed E-state index contributed by atoms with van der Waals surface area (Å²) in [6.07, 6.45) is -0.337. The molecule has 1 aliphatic rings. The van der Waals surface area contributed by atoms with Crippen LogP contribution in [0.15, 0.2) is 36.4 Å². The highest BCUT2D eigenvalue weighted by Crippen LogP contribution is 2.14. The summed E-state index contributed by atoms with van der Waals surface area (Å²) in [4.78, 5) is 26.2. The van der Waals surface area contributed by atoms with Gasteiger partial charge in [0.1, 0.15) is 12.4 Å². The van der Waals surface area contributed by atoms with Crippen LogP contribution in [-0.2, 0) is 11.3 Å². The van der Waals surface area contributed by atoms with E-state index in [1.807, 2.05) is 13.0 Å². The lowest BCUT2D eigenvalue weighted by molar-refractivity contribution is -0.135. The number of aryl methyl sites for hydroxylation is 1. The van der Waals surface area contributed by atoms with Crippen molar-refractivity contribution in [2.45, 2.75) is 32.0 Å². The summed E-state index contributed by atoms with van der Waals surface area (Å²) in [6, 6.07) is 10.2. The van der Waals surface area contributed by atoms with Crippen molar-refractivity contribution >= 4 is 17.6 Å². The Kier molecular flexibility index (Phi) is 5.22. The second kappa shape index (κ2) is 7.57. The van der Waals surface area contributed by atoms with Gasteiger partial charge in [-0.1, -0.05) is 18.2 Å². The van der Waals surface area contributed by atoms with Crippen LogP contribution in [0.2, 0.25) is 0 Å². The third kappa shape index (κ3) is 4.02. The Hall–Kier alpha value is -2.87. The number of carbonyl (C=O) groups excluding carboxylic acids is 2. The fourth-order valence-corrected chi connectivity index (χ4v) is 3.09. The molecule has 0 spiro atoms. The molecular weight excluding hydrogens is 334 g/mol. The zero-order valence-electron chi connectivity index (χ0n) is 14.6. The lowest BCUT2D eigenvalue weighted by Gasteiger charge is -2.36. The molecule has 2 atom stereocenters. The van der Waals surface area contributed by atoms with E-state index in [1.165, 1.54) is 4.68 Å². The van der Waals surface area contributed by atoms with Crippen LogP contribution in [0.25, 0.3) is 0 Å². The second-order valence-electron chi connectivity index (χ2n) is 6.51. The molecule has 26 heavy (non-hydrogen) atoms. The van der Waals surface area contributed by atoms with E-state index in [1.54, 1.807) is 35.2 Å². The van der Waals surface area contributed by atoms with Crippen LogP contribution in [0.5, 0.6) is 0 Å². The molecule has 0 unspecified atom stereocenters. The van der Waals surface area contributed by atoms with Gasteiger partial charge in [-0.3, -0.25) is 9.59 Å². The Morgan fingerprint density at radius 3 is 2.69 bits per heavy atom. The first-order valence-electron chi connectivity index (χ1n) is 8.55. The number of nitrogens with zero attached hydrogens (tertiary/aromatic N) is 3. The van der Waals surface area contributed by atoms with Crippen LogP contribution >= 0.6 is 0 Å². The fourth-order valence-electron chi connectivity index (χ4n) is 3.09. The molecule has 8 heteroatoms. The summed E-state index contributed by atoms with van der Waals surface area (Å²) >= 11 is 0. The number of rotatable bonds is 4. The van der Waals surface area contributed by atoms with Gasteiger partial charge in [-0.15, -0.1) is 0 Å². The topological polar surface area (TPSA) is 113 Å². The van der Waals surface area contributed by atoms with E-state index < -0.39 is 6.10 Å². The number of aliphatic hydroxyl groups excluding tert-OH is 1. The number of carbonyl (C=O) groups is 2. The summed E-state index contributed by atoms with van der Waals surface area (Å²) < 4.78 is 1.45. The van der Waals surface area contributed by atoms with Crippen molar-refractivity contribution in [2.24, 2.45) is 0 Å². The van der Waals surface area contributed by atoms with Crippen molar-refractivity contribution in [3.8, 4) is 0 Å². The molecule has 1 aromatic heterocycles. The van der Waals surface area contributed by atoms with Crippen molar-refractivity contribution in [1.82, 2.24) is 20.0 Å². The number of benzene rings is 1. The molecule has 0 saturated carbocycles. The molecule has 1 saturated heterocycles. The normalized spacial score (nSPS) is 20.0. The number of β-amino-alcohol motifs (C(OH)–C–C–N with tert-alkyl or cyclic N) is 1. The summed E-state index contributed by atoms with van der Waals surface area (Å²) in [6.45, 7) is 2.46. The molecule has 1 aliphatic heterocycles. The van der Waals surface area contributed by atoms with E-state index in [9.17, 15) is 14.7 Å². The number of hydrogen-bond acceptors (Lipinski definition) is 5. The molecule has 1 fully saturated rings. The average molecular weight is 357 g/mol. The number of hydrogen-bond donors (Lipinski definition) is 3. The third-order valence-electron chi connectivity index (χ3n) is 4.51. The van der Waals surface area contributed by atoms with Gasteiger partial charge in [-0.25, -0.2) is 4.68 Å². The van der Waals surface area contributed by atoms with Crippen molar-refractivity contribution in [3.63, 3.8) is 0 Å². The van der Waals surface area contributed by atoms with Crippen molar-refractivity contribution in [1.29, 1.82) is 0 Å². The number of amides is 2. The summed E-state index contributed by atoms with van der Waals surface area (Å²) in [5, 5.41) is 17.4. The van der Waals surface area contributed by atoms with Gasteiger partial charge in [0.25, 0.3) is 5.91 Å². The van der Waals surface area contributed by atoms with Crippen LogP contribution in [0.3, 0.4) is 0 Å². The number of nitrogens with one attached hydrogen (secondary N) is 1. The Morgan fingerprint density at radius 1 is 1.35 bits per heavy atom. The van der Waals surface area contributed by atoms with Crippen molar-refractivity contribution < 1.29 is 14.7 Å². The number of aromatic nitrogens is 2. The Bertz CT molecular complexity index is 789. The number of nitrogen functional groups attached to an aromatic ring is 1. The van der Waals surface area contributed by atoms with Crippen LogP contribution < -0.4 is 11.1 Å². The van der Waals surface area contributed by atoms with E-state index in [0.29, 0.717) is 24.3 Å². The van der Waals surface area contributed by atoms with Gasteiger partial charge in [0.15, 0.2) is 0 Å². The first kappa shape index (κ1) is 17.9. The maximum atomic E-state index is 12.4. The van der Waals surface area contributed by atoms with Gasteiger partial charge in [0.05, 0.1) is 17.8 Å². The Labute approximate surface area is 151 Å². The average Bonchev–Trinajstić information content (AvgIpc) is 2.94. The zero-order chi connectivity index (χ0) is 18.7. The minimum atomic E-state index is -0.822. The lowest BCUT2D eigenvalue weighted by Crippen LogP contribution is -2.55. The minimum Gasteiger partial charge on any atom is -0.389 e. The highest BCUT2D eigenvalue weighted by Gasteiger charge is 2.31. The van der Waals surface area contributed by atoms with Gasteiger partial charge < -0.3 is 21.1 Å². The van der Waals surface area contributed by atoms with E-state index in [-0.39, 0.29) is 30.9 Å². The first-order valence-corrected chi connectivity index (χ1v) is 8.55. The Morgan fingerprint density at radius 2 is 2.08 bits per heavy atom. The number of piperidine rings is 1. The van der Waals surface area contributed by atoms with E-state index in [4.69, 9.17) is 5.73 Å². The zero-order valence-corrected chi connectivity index (χ0v) is 14.6. The van der Waals surface area contributed by atoms with Crippen LogP contribution in [0, 0.1) is 6.92 Å². The minimum absolute atomic E-state index is 0.0352. The SMILES string of the molecule is Cc1cc(N)n(CC(=O)N2CC[C@@H](NC(=O)c3ccccc3)[C@H](O)C2)n1. The number of aliphatic hydroxyl groups is 1. The molecule has 1 aromatic carbocycles. The molecule has 0 radical (unpaired) electrons. The molecule has 0 aliphatic carbocycles. The number of anilines is 1. The molecule has 2 amide bonds. The molecular formula is C18H23N5O3. The van der Waals surface area contributed by atoms with Gasteiger partial charge in [0.2, 0.25) is 5.91 Å². The number of nitrogens with two attached hydrogens (primary N) is 1. The maximum Gasteiger partial charge on any atom is 0.251 e. The quantitative estimate of drug-likeness (QED) is 0.722. The fraction of sp³-hybridized carbons (Fsp3) is 0.389. The Balaban J connectivity index is 1.55. The summed E-state index contributed by atoms with van der Waals surface area (Å²) in [5.74, 6) is 0.0438. The smallest absolute Gasteiger partial charge is 0.251 e. The highest BCUT2D eigenvalue weighted by molar-refractivity contribution is 5.94. The standard InChI is InChI=1S/C18H23N5O3/c1-12-9-16(19)23(21-12)11-17(25)22-8-7-14(15(24)10-22)20-18(26)13-5-3-2-4-6-13/h2-6,9,14-15,24H,7-8,10-11,19H2,1H3,(H,20,26)/t14-,15-/m1/s1. The first-order chi connectivity index (χ1) is 12.4. The third-order valence-corrected chi connectivity index (χ3v) is 4.51. The number of likely N-dealkylation sites (tertiary alicyclic amines) is 1. The van der Waals surface area contributed by atoms with E-state index in [2.05, 4.69) is 10.4 Å². The van der Waals surface area contributed by atoms with Gasteiger partial charge in [0, 0.05) is 24.7 Å². The van der Waals surface area contributed by atoms with Crippen LogP contribution in [-0.4, -0.2) is 56.8 Å². The van der Waals surface area contributed by atoms with Gasteiger partial charge in [-0.05, 0) is 25.5 Å². The molecule has 4 N–H and O–H groups in total. The molecule has 2 aromatic rings. The van der Waals surface area contributed by atoms with Crippen LogP contribution in [0.4, 0.5) is 5.82 Å².